The van der Waals surface area contributed by atoms with Crippen molar-refractivity contribution in [1.82, 2.24) is 4.57 Å². The second kappa shape index (κ2) is 3.74. The van der Waals surface area contributed by atoms with Crippen LogP contribution in [0.2, 0.25) is 0 Å². The maximum atomic E-state index is 9.54. The van der Waals surface area contributed by atoms with Gasteiger partial charge in [-0.1, -0.05) is 17.7 Å². The lowest BCUT2D eigenvalue weighted by molar-refractivity contribution is 0.174. The van der Waals surface area contributed by atoms with Crippen molar-refractivity contribution in [3.05, 3.63) is 47.2 Å². The second-order valence-electron chi connectivity index (χ2n) is 5.03. The Bertz CT molecular complexity index is 566. The second-order valence-corrected chi connectivity index (χ2v) is 5.03. The molecule has 2 aromatic rings. The topological polar surface area (TPSA) is 25.2 Å². The first-order valence-corrected chi connectivity index (χ1v) is 6.11. The fraction of sp³-hybridized carbons (Fsp3) is 0.333. The van der Waals surface area contributed by atoms with Gasteiger partial charge in [0.25, 0.3) is 0 Å². The van der Waals surface area contributed by atoms with Crippen LogP contribution < -0.4 is 0 Å². The predicted octanol–water partition coefficient (Wildman–Crippen LogP) is 2.75. The summed E-state index contributed by atoms with van der Waals surface area (Å²) in [4.78, 5) is 0. The van der Waals surface area contributed by atoms with Crippen molar-refractivity contribution in [1.29, 1.82) is 0 Å². The Morgan fingerprint density at radius 2 is 2.12 bits per heavy atom. The summed E-state index contributed by atoms with van der Waals surface area (Å²) in [5, 5.41) is 9.54. The number of aryl methyl sites for hydroxylation is 1. The number of aliphatic hydroxyl groups is 1. The summed E-state index contributed by atoms with van der Waals surface area (Å²) in [6, 6.07) is 8.81. The van der Waals surface area contributed by atoms with E-state index in [0.717, 1.165) is 6.42 Å². The third-order valence-corrected chi connectivity index (χ3v) is 3.41. The molecule has 0 saturated heterocycles. The predicted molar refractivity (Wildman–Crippen MR) is 69.1 cm³/mol. The molecule has 0 saturated carbocycles. The van der Waals surface area contributed by atoms with E-state index in [-0.39, 0.29) is 6.10 Å². The standard InChI is InChI=1S/C15H17NO/c1-10-3-4-12-8-13-5-6-16(9-11(2)17)15(13)14(12)7-10/h3-7,11,17H,8-9H2,1-2H3. The van der Waals surface area contributed by atoms with Crippen molar-refractivity contribution < 1.29 is 5.11 Å². The molecule has 3 rings (SSSR count). The lowest BCUT2D eigenvalue weighted by Gasteiger charge is -2.11. The number of aromatic nitrogens is 1. The highest BCUT2D eigenvalue weighted by molar-refractivity contribution is 5.75. The number of benzene rings is 1. The van der Waals surface area contributed by atoms with Gasteiger partial charge in [-0.2, -0.15) is 0 Å². The highest BCUT2D eigenvalue weighted by Gasteiger charge is 2.22. The molecule has 1 aliphatic rings. The van der Waals surface area contributed by atoms with Gasteiger partial charge in [0.2, 0.25) is 0 Å². The van der Waals surface area contributed by atoms with E-state index >= 15 is 0 Å². The van der Waals surface area contributed by atoms with Gasteiger partial charge in [0.1, 0.15) is 0 Å². The van der Waals surface area contributed by atoms with E-state index in [2.05, 4.69) is 42.0 Å². The number of nitrogens with zero attached hydrogens (tertiary/aromatic N) is 1. The molecule has 1 aromatic heterocycles. The van der Waals surface area contributed by atoms with E-state index in [1.165, 1.54) is 27.9 Å². The minimum atomic E-state index is -0.305. The minimum Gasteiger partial charge on any atom is -0.392 e. The molecule has 1 atom stereocenters. The molecule has 1 heterocycles. The number of aliphatic hydroxyl groups excluding tert-OH is 1. The third-order valence-electron chi connectivity index (χ3n) is 3.41. The van der Waals surface area contributed by atoms with Crippen molar-refractivity contribution >= 4 is 0 Å². The first kappa shape index (κ1) is 10.6. The number of hydrogen-bond donors (Lipinski definition) is 1. The third kappa shape index (κ3) is 1.69. The Labute approximate surface area is 102 Å². The molecule has 0 spiro atoms. The van der Waals surface area contributed by atoms with Gasteiger partial charge in [-0.05, 0) is 37.1 Å². The molecule has 0 fully saturated rings. The lowest BCUT2D eigenvalue weighted by Crippen LogP contribution is -2.11. The molecular formula is C15H17NO. The first-order chi connectivity index (χ1) is 8.15. The van der Waals surface area contributed by atoms with Crippen molar-refractivity contribution in [3.63, 3.8) is 0 Å². The van der Waals surface area contributed by atoms with Crippen LogP contribution in [0.3, 0.4) is 0 Å². The van der Waals surface area contributed by atoms with Crippen LogP contribution in [0, 0.1) is 6.92 Å². The number of rotatable bonds is 2. The van der Waals surface area contributed by atoms with Gasteiger partial charge in [0.05, 0.1) is 11.8 Å². The van der Waals surface area contributed by atoms with E-state index in [9.17, 15) is 5.11 Å². The summed E-state index contributed by atoms with van der Waals surface area (Å²) in [7, 11) is 0. The molecule has 0 radical (unpaired) electrons. The summed E-state index contributed by atoms with van der Waals surface area (Å²) in [6.45, 7) is 4.63. The summed E-state index contributed by atoms with van der Waals surface area (Å²) < 4.78 is 2.17. The lowest BCUT2D eigenvalue weighted by atomic mass is 10.1. The van der Waals surface area contributed by atoms with Gasteiger partial charge < -0.3 is 9.67 Å². The fourth-order valence-corrected chi connectivity index (χ4v) is 2.70. The van der Waals surface area contributed by atoms with E-state index < -0.39 is 0 Å². The van der Waals surface area contributed by atoms with Crippen molar-refractivity contribution in [2.45, 2.75) is 32.9 Å². The van der Waals surface area contributed by atoms with Gasteiger partial charge in [-0.3, -0.25) is 0 Å². The van der Waals surface area contributed by atoms with E-state index in [4.69, 9.17) is 0 Å². The zero-order valence-corrected chi connectivity index (χ0v) is 10.3. The molecule has 0 bridgehead atoms. The molecule has 17 heavy (non-hydrogen) atoms. The van der Waals surface area contributed by atoms with Gasteiger partial charge in [0.15, 0.2) is 0 Å². The van der Waals surface area contributed by atoms with Crippen LogP contribution in [0.4, 0.5) is 0 Å². The van der Waals surface area contributed by atoms with Crippen LogP contribution in [-0.4, -0.2) is 15.8 Å². The SMILES string of the molecule is Cc1ccc2c(c1)-c1c(ccn1CC(C)O)C2. The number of hydrogen-bond acceptors (Lipinski definition) is 1. The zero-order chi connectivity index (χ0) is 12.0. The van der Waals surface area contributed by atoms with Crippen molar-refractivity contribution in [2.75, 3.05) is 0 Å². The normalized spacial score (nSPS) is 14.5. The van der Waals surface area contributed by atoms with Gasteiger partial charge in [0, 0.05) is 24.7 Å². The van der Waals surface area contributed by atoms with Crippen LogP contribution in [0.5, 0.6) is 0 Å². The highest BCUT2D eigenvalue weighted by atomic mass is 16.3. The Kier molecular flexibility index (Phi) is 2.33. The van der Waals surface area contributed by atoms with Gasteiger partial charge in [-0.15, -0.1) is 0 Å². The molecular weight excluding hydrogens is 210 g/mol. The van der Waals surface area contributed by atoms with Crippen molar-refractivity contribution in [3.8, 4) is 11.3 Å². The molecule has 1 N–H and O–H groups in total. The van der Waals surface area contributed by atoms with E-state index in [0.29, 0.717) is 6.54 Å². The van der Waals surface area contributed by atoms with Crippen LogP contribution in [0.25, 0.3) is 11.3 Å². The Morgan fingerprint density at radius 1 is 1.29 bits per heavy atom. The fourth-order valence-electron chi connectivity index (χ4n) is 2.70. The average Bonchev–Trinajstić information content (AvgIpc) is 2.78. The highest BCUT2D eigenvalue weighted by Crippen LogP contribution is 2.37. The summed E-state index contributed by atoms with van der Waals surface area (Å²) in [5.41, 5.74) is 6.71. The zero-order valence-electron chi connectivity index (χ0n) is 10.3. The Morgan fingerprint density at radius 3 is 2.88 bits per heavy atom. The summed E-state index contributed by atoms with van der Waals surface area (Å²) >= 11 is 0. The molecule has 88 valence electrons. The summed E-state index contributed by atoms with van der Waals surface area (Å²) in [5.74, 6) is 0. The Hall–Kier alpha value is -1.54. The van der Waals surface area contributed by atoms with Crippen LogP contribution in [0.15, 0.2) is 30.5 Å². The molecule has 2 nitrogen and oxygen atoms in total. The molecule has 0 aliphatic heterocycles. The molecule has 0 amide bonds. The summed E-state index contributed by atoms with van der Waals surface area (Å²) in [6.07, 6.45) is 2.81. The first-order valence-electron chi connectivity index (χ1n) is 6.11. The average molecular weight is 227 g/mol. The van der Waals surface area contributed by atoms with Crippen LogP contribution in [-0.2, 0) is 13.0 Å². The van der Waals surface area contributed by atoms with Crippen LogP contribution >= 0.6 is 0 Å². The maximum absolute atomic E-state index is 9.54. The van der Waals surface area contributed by atoms with Gasteiger partial charge >= 0.3 is 0 Å². The quantitative estimate of drug-likeness (QED) is 0.715. The van der Waals surface area contributed by atoms with Crippen LogP contribution in [0.1, 0.15) is 23.6 Å². The molecule has 1 aromatic carbocycles. The molecule has 1 aliphatic carbocycles. The monoisotopic (exact) mass is 227 g/mol. The van der Waals surface area contributed by atoms with E-state index in [1.54, 1.807) is 0 Å². The molecule has 1 unspecified atom stereocenters. The molecule has 2 heteroatoms. The maximum Gasteiger partial charge on any atom is 0.0691 e. The van der Waals surface area contributed by atoms with E-state index in [1.807, 2.05) is 6.92 Å². The largest absolute Gasteiger partial charge is 0.392 e. The minimum absolute atomic E-state index is 0.305. The smallest absolute Gasteiger partial charge is 0.0691 e. The van der Waals surface area contributed by atoms with Crippen molar-refractivity contribution in [2.24, 2.45) is 0 Å². The van der Waals surface area contributed by atoms with Gasteiger partial charge in [-0.25, -0.2) is 0 Å². The Balaban J connectivity index is 2.12. The number of fused-ring (bicyclic) bond motifs is 3.